The van der Waals surface area contributed by atoms with E-state index in [-0.39, 0.29) is 17.3 Å². The number of carbonyl (C=O) groups is 1. The average molecular weight is 438 g/mol. The molecule has 32 heavy (non-hydrogen) atoms. The Balaban J connectivity index is 1.26. The molecule has 1 spiro atoms. The monoisotopic (exact) mass is 437 g/mol. The second kappa shape index (κ2) is 8.35. The van der Waals surface area contributed by atoms with Crippen LogP contribution in [-0.4, -0.2) is 73.7 Å². The van der Waals surface area contributed by atoms with Crippen molar-refractivity contribution in [1.82, 2.24) is 14.8 Å². The highest BCUT2D eigenvalue weighted by Gasteiger charge is 2.47. The lowest BCUT2D eigenvalue weighted by atomic mass is 9.74. The molecule has 4 heterocycles. The summed E-state index contributed by atoms with van der Waals surface area (Å²) in [6.07, 6.45) is 7.96. The van der Waals surface area contributed by atoms with Gasteiger partial charge in [-0.15, -0.1) is 0 Å². The minimum absolute atomic E-state index is 0.0272. The zero-order valence-corrected chi connectivity index (χ0v) is 19.0. The van der Waals surface area contributed by atoms with Crippen LogP contribution in [0.4, 0.5) is 20.6 Å². The van der Waals surface area contributed by atoms with Crippen molar-refractivity contribution in [2.24, 2.45) is 0 Å². The van der Waals surface area contributed by atoms with Crippen molar-refractivity contribution in [1.29, 1.82) is 0 Å². The van der Waals surface area contributed by atoms with Gasteiger partial charge in [0.15, 0.2) is 0 Å². The Morgan fingerprint density at radius 1 is 1.06 bits per heavy atom. The van der Waals surface area contributed by atoms with Gasteiger partial charge in [0.2, 0.25) is 0 Å². The van der Waals surface area contributed by atoms with Crippen LogP contribution in [0, 0.1) is 5.82 Å². The van der Waals surface area contributed by atoms with Crippen molar-refractivity contribution in [3.8, 4) is 0 Å². The molecule has 0 saturated carbocycles. The first kappa shape index (κ1) is 21.2. The van der Waals surface area contributed by atoms with Gasteiger partial charge in [-0.25, -0.2) is 9.18 Å². The van der Waals surface area contributed by atoms with Crippen LogP contribution in [-0.2, 0) is 5.41 Å². The van der Waals surface area contributed by atoms with E-state index in [4.69, 9.17) is 0 Å². The molecule has 0 unspecified atom stereocenters. The fourth-order valence-electron chi connectivity index (χ4n) is 5.84. The van der Waals surface area contributed by atoms with Gasteiger partial charge in [-0.1, -0.05) is 0 Å². The molecule has 1 aromatic carbocycles. The lowest BCUT2D eigenvalue weighted by molar-refractivity contribution is 0.104. The van der Waals surface area contributed by atoms with Crippen molar-refractivity contribution in [2.45, 2.75) is 37.1 Å². The van der Waals surface area contributed by atoms with Crippen molar-refractivity contribution in [2.75, 3.05) is 56.6 Å². The van der Waals surface area contributed by atoms with Gasteiger partial charge in [0.1, 0.15) is 5.82 Å². The van der Waals surface area contributed by atoms with Crippen LogP contribution in [0.3, 0.4) is 0 Å². The SMILES string of the molecule is CN(C)C(=O)N1CC2(CCN(C3CCN(c4ccncc4)CC3)CC2)c2cc(F)ccc21. The Labute approximate surface area is 189 Å². The molecule has 2 saturated heterocycles. The summed E-state index contributed by atoms with van der Waals surface area (Å²) in [4.78, 5) is 25.5. The molecule has 0 atom stereocenters. The standard InChI is InChI=1S/C25H32FN5O/c1-28(2)24(32)31-18-25(22-17-19(26)3-4-23(22)31)9-15-30(16-10-25)21-7-13-29(14-8-21)20-5-11-27-12-6-20/h3-6,11-12,17,21H,7-10,13-16,18H2,1-2H3. The number of hydrogen-bond acceptors (Lipinski definition) is 4. The predicted octanol–water partition coefficient (Wildman–Crippen LogP) is 3.72. The molecule has 2 fully saturated rings. The lowest BCUT2D eigenvalue weighted by Crippen LogP contribution is -2.52. The summed E-state index contributed by atoms with van der Waals surface area (Å²) in [7, 11) is 3.55. The minimum Gasteiger partial charge on any atom is -0.371 e. The van der Waals surface area contributed by atoms with Gasteiger partial charge in [0.05, 0.1) is 0 Å². The highest BCUT2D eigenvalue weighted by Crippen LogP contribution is 2.48. The normalized spacial score (nSPS) is 21.1. The lowest BCUT2D eigenvalue weighted by Gasteiger charge is -2.45. The number of fused-ring (bicyclic) bond motifs is 2. The van der Waals surface area contributed by atoms with Gasteiger partial charge in [-0.05, 0) is 74.7 Å². The number of likely N-dealkylation sites (tertiary alicyclic amines) is 1. The number of nitrogens with zero attached hydrogens (tertiary/aromatic N) is 5. The Hall–Kier alpha value is -2.67. The molecular formula is C25H32FN5O. The molecule has 0 aliphatic carbocycles. The zero-order valence-electron chi connectivity index (χ0n) is 19.0. The molecule has 5 rings (SSSR count). The number of hydrogen-bond donors (Lipinski definition) is 0. The average Bonchev–Trinajstić information content (AvgIpc) is 3.13. The molecule has 3 aliphatic rings. The minimum atomic E-state index is -0.215. The summed E-state index contributed by atoms with van der Waals surface area (Å²) in [5.41, 5.74) is 3.01. The maximum absolute atomic E-state index is 14.2. The van der Waals surface area contributed by atoms with Crippen LogP contribution >= 0.6 is 0 Å². The predicted molar refractivity (Wildman–Crippen MR) is 125 cm³/mol. The van der Waals surface area contributed by atoms with Gasteiger partial charge in [0.25, 0.3) is 0 Å². The summed E-state index contributed by atoms with van der Waals surface area (Å²) < 4.78 is 14.2. The van der Waals surface area contributed by atoms with Crippen LogP contribution in [0.15, 0.2) is 42.7 Å². The number of carbonyl (C=O) groups excluding carboxylic acids is 1. The van der Waals surface area contributed by atoms with E-state index in [1.54, 1.807) is 31.1 Å². The second-order valence-electron chi connectivity index (χ2n) is 9.66. The molecule has 6 nitrogen and oxygen atoms in total. The molecule has 1 aromatic heterocycles. The van der Waals surface area contributed by atoms with Crippen LogP contribution in [0.1, 0.15) is 31.2 Å². The van der Waals surface area contributed by atoms with Crippen molar-refractivity contribution in [3.05, 3.63) is 54.1 Å². The highest BCUT2D eigenvalue weighted by atomic mass is 19.1. The highest BCUT2D eigenvalue weighted by molar-refractivity contribution is 5.95. The number of pyridine rings is 1. The van der Waals surface area contributed by atoms with Crippen LogP contribution < -0.4 is 9.80 Å². The van der Waals surface area contributed by atoms with Crippen LogP contribution in [0.5, 0.6) is 0 Å². The Morgan fingerprint density at radius 3 is 2.41 bits per heavy atom. The van der Waals surface area contributed by atoms with Crippen molar-refractivity contribution >= 4 is 17.4 Å². The maximum atomic E-state index is 14.2. The summed E-state index contributed by atoms with van der Waals surface area (Å²) in [6.45, 7) is 4.78. The first-order valence-electron chi connectivity index (χ1n) is 11.6. The second-order valence-corrected chi connectivity index (χ2v) is 9.66. The van der Waals surface area contributed by atoms with E-state index in [1.165, 1.54) is 11.8 Å². The van der Waals surface area contributed by atoms with E-state index in [0.717, 1.165) is 63.1 Å². The molecule has 0 radical (unpaired) electrons. The third-order valence-electron chi connectivity index (χ3n) is 7.66. The topological polar surface area (TPSA) is 42.9 Å². The number of halogens is 1. The summed E-state index contributed by atoms with van der Waals surface area (Å²) >= 11 is 0. The molecule has 0 N–H and O–H groups in total. The van der Waals surface area contributed by atoms with Gasteiger partial charge in [-0.3, -0.25) is 9.88 Å². The number of piperidine rings is 2. The van der Waals surface area contributed by atoms with E-state index >= 15 is 0 Å². The largest absolute Gasteiger partial charge is 0.371 e. The number of anilines is 2. The summed E-state index contributed by atoms with van der Waals surface area (Å²) in [6, 6.07) is 9.66. The van der Waals surface area contributed by atoms with Gasteiger partial charge >= 0.3 is 6.03 Å². The number of aromatic nitrogens is 1. The molecule has 2 aromatic rings. The number of benzene rings is 1. The van der Waals surface area contributed by atoms with Crippen LogP contribution in [0.25, 0.3) is 0 Å². The van der Waals surface area contributed by atoms with E-state index in [2.05, 4.69) is 26.9 Å². The van der Waals surface area contributed by atoms with Crippen LogP contribution in [0.2, 0.25) is 0 Å². The maximum Gasteiger partial charge on any atom is 0.323 e. The Bertz CT molecular complexity index is 966. The third kappa shape index (κ3) is 3.72. The Kier molecular flexibility index (Phi) is 5.53. The summed E-state index contributed by atoms with van der Waals surface area (Å²) in [5, 5.41) is 0. The number of rotatable bonds is 2. The van der Waals surface area contributed by atoms with E-state index in [9.17, 15) is 9.18 Å². The molecule has 170 valence electrons. The summed E-state index contributed by atoms with van der Waals surface area (Å²) in [5.74, 6) is -0.215. The molecule has 0 bridgehead atoms. The van der Waals surface area contributed by atoms with Crippen molar-refractivity contribution in [3.63, 3.8) is 0 Å². The first-order valence-corrected chi connectivity index (χ1v) is 11.6. The number of amides is 2. The third-order valence-corrected chi connectivity index (χ3v) is 7.66. The van der Waals surface area contributed by atoms with Gasteiger partial charge in [-0.2, -0.15) is 0 Å². The van der Waals surface area contributed by atoms with Crippen molar-refractivity contribution < 1.29 is 9.18 Å². The zero-order chi connectivity index (χ0) is 22.3. The van der Waals surface area contributed by atoms with Gasteiger partial charge in [0, 0.05) is 69.0 Å². The molecule has 3 aliphatic heterocycles. The first-order chi connectivity index (χ1) is 15.5. The Morgan fingerprint density at radius 2 is 1.75 bits per heavy atom. The fraction of sp³-hybridized carbons (Fsp3) is 0.520. The van der Waals surface area contributed by atoms with E-state index in [0.29, 0.717) is 12.6 Å². The molecule has 2 amide bonds. The molecular weight excluding hydrogens is 405 g/mol. The molecule has 7 heteroatoms. The van der Waals surface area contributed by atoms with E-state index < -0.39 is 0 Å². The smallest absolute Gasteiger partial charge is 0.323 e. The van der Waals surface area contributed by atoms with Gasteiger partial charge < -0.3 is 14.7 Å². The fourth-order valence-corrected chi connectivity index (χ4v) is 5.84. The quantitative estimate of drug-likeness (QED) is 0.718. The van der Waals surface area contributed by atoms with E-state index in [1.807, 2.05) is 17.3 Å². The number of urea groups is 1.